The number of hydrogen-bond donors (Lipinski definition) is 1. The van der Waals surface area contributed by atoms with E-state index in [1.165, 1.54) is 0 Å². The molecule has 0 radical (unpaired) electrons. The fraction of sp³-hybridized carbons (Fsp3) is 0.364. The number of esters is 1. The number of rotatable bonds is 15. The van der Waals surface area contributed by atoms with Crippen molar-refractivity contribution in [2.75, 3.05) is 58.6 Å². The smallest absolute Gasteiger partial charge is 0.379 e. The molecule has 0 aliphatic rings. The molecule has 0 saturated heterocycles. The maximum absolute atomic E-state index is 11.8. The van der Waals surface area contributed by atoms with E-state index >= 15 is 0 Å². The molecule has 0 spiro atoms. The molecule has 0 aromatic heterocycles. The molecule has 8 heteroatoms. The maximum atomic E-state index is 11.8. The molecule has 0 saturated carbocycles. The predicted molar refractivity (Wildman–Crippen MR) is 111 cm³/mol. The number of ketones is 1. The van der Waals surface area contributed by atoms with E-state index < -0.39 is 11.8 Å². The molecule has 2 aromatic carbocycles. The molecule has 0 atom stereocenters. The predicted octanol–water partition coefficient (Wildman–Crippen LogP) is 2.12. The van der Waals surface area contributed by atoms with Crippen molar-refractivity contribution in [2.45, 2.75) is 0 Å². The lowest BCUT2D eigenvalue weighted by Crippen LogP contribution is -2.20. The fourth-order valence-corrected chi connectivity index (χ4v) is 2.33. The first-order valence-corrected chi connectivity index (χ1v) is 9.65. The van der Waals surface area contributed by atoms with Crippen LogP contribution < -0.4 is 10.5 Å². The summed E-state index contributed by atoms with van der Waals surface area (Å²) in [6.45, 7) is 2.63. The van der Waals surface area contributed by atoms with Gasteiger partial charge in [0, 0.05) is 5.56 Å². The summed E-state index contributed by atoms with van der Waals surface area (Å²) in [4.78, 5) is 23.4. The molecule has 2 N–H and O–H groups in total. The number of nitrogen functional groups attached to an aromatic ring is 1. The molecule has 162 valence electrons. The van der Waals surface area contributed by atoms with Crippen LogP contribution in [0.5, 0.6) is 5.75 Å². The number of carbonyl (C=O) groups excluding carboxylic acids is 2. The minimum absolute atomic E-state index is 0.00640. The first-order chi connectivity index (χ1) is 14.7. The van der Waals surface area contributed by atoms with E-state index in [1.54, 1.807) is 42.5 Å². The third-order valence-electron chi connectivity index (χ3n) is 3.83. The third kappa shape index (κ3) is 9.04. The minimum Gasteiger partial charge on any atom is -0.489 e. The standard InChI is InChI=1S/C22H27NO7/c23-19-8-4-5-9-20(19)29-16-14-27-12-10-26-11-13-28-15-17-30-22(25)21(24)18-6-2-1-3-7-18/h1-9H,10-17,23H2. The van der Waals surface area contributed by atoms with E-state index in [2.05, 4.69) is 0 Å². The van der Waals surface area contributed by atoms with Crippen molar-refractivity contribution in [1.82, 2.24) is 0 Å². The van der Waals surface area contributed by atoms with Crippen LogP contribution in [0.2, 0.25) is 0 Å². The number of para-hydroxylation sites is 2. The summed E-state index contributed by atoms with van der Waals surface area (Å²) in [7, 11) is 0. The zero-order chi connectivity index (χ0) is 21.4. The van der Waals surface area contributed by atoms with Gasteiger partial charge >= 0.3 is 5.97 Å². The zero-order valence-electron chi connectivity index (χ0n) is 16.8. The highest BCUT2D eigenvalue weighted by Gasteiger charge is 2.16. The minimum atomic E-state index is -0.892. The lowest BCUT2D eigenvalue weighted by Gasteiger charge is -2.09. The van der Waals surface area contributed by atoms with Crippen molar-refractivity contribution < 1.29 is 33.3 Å². The topological polar surface area (TPSA) is 106 Å². The summed E-state index contributed by atoms with van der Waals surface area (Å²) in [5.41, 5.74) is 6.67. The van der Waals surface area contributed by atoms with Gasteiger partial charge in [0.25, 0.3) is 5.78 Å². The van der Waals surface area contributed by atoms with Crippen molar-refractivity contribution in [2.24, 2.45) is 0 Å². The van der Waals surface area contributed by atoms with Gasteiger partial charge in [-0.2, -0.15) is 0 Å². The van der Waals surface area contributed by atoms with Gasteiger partial charge in [-0.1, -0.05) is 42.5 Å². The fourth-order valence-electron chi connectivity index (χ4n) is 2.33. The summed E-state index contributed by atoms with van der Waals surface area (Å²) in [5.74, 6) is -0.918. The molecule has 0 aliphatic heterocycles. The highest BCUT2D eigenvalue weighted by molar-refractivity contribution is 6.40. The second-order valence-electron chi connectivity index (χ2n) is 6.05. The van der Waals surface area contributed by atoms with Crippen LogP contribution in [-0.4, -0.2) is 64.6 Å². The van der Waals surface area contributed by atoms with Gasteiger partial charge < -0.3 is 29.4 Å². The number of ether oxygens (including phenoxy) is 5. The quantitative estimate of drug-likeness (QED) is 0.154. The van der Waals surface area contributed by atoms with Crippen LogP contribution in [-0.2, 0) is 23.7 Å². The second-order valence-corrected chi connectivity index (χ2v) is 6.05. The number of benzene rings is 2. The van der Waals surface area contributed by atoms with E-state index in [9.17, 15) is 9.59 Å². The Morgan fingerprint density at radius 1 is 0.667 bits per heavy atom. The van der Waals surface area contributed by atoms with Gasteiger partial charge in [0.05, 0.1) is 45.3 Å². The number of carbonyl (C=O) groups is 2. The molecule has 2 rings (SSSR count). The number of Topliss-reactive ketones (excluding diaryl/α,β-unsaturated/α-hetero) is 1. The van der Waals surface area contributed by atoms with E-state index in [1.807, 2.05) is 12.1 Å². The van der Waals surface area contributed by atoms with E-state index in [0.29, 0.717) is 56.6 Å². The number of hydrogen-bond acceptors (Lipinski definition) is 8. The van der Waals surface area contributed by atoms with E-state index in [4.69, 9.17) is 29.4 Å². The molecular formula is C22H27NO7. The van der Waals surface area contributed by atoms with Gasteiger partial charge in [-0.3, -0.25) is 4.79 Å². The Morgan fingerprint density at radius 3 is 1.83 bits per heavy atom. The molecule has 0 fully saturated rings. The number of nitrogens with two attached hydrogens (primary N) is 1. The SMILES string of the molecule is Nc1ccccc1OCCOCCOCCOCCOC(=O)C(=O)c1ccccc1. The van der Waals surface area contributed by atoms with Gasteiger partial charge in [0.15, 0.2) is 0 Å². The van der Waals surface area contributed by atoms with Crippen LogP contribution in [0.1, 0.15) is 10.4 Å². The Labute approximate surface area is 175 Å². The Kier molecular flexibility index (Phi) is 11.0. The average molecular weight is 417 g/mol. The summed E-state index contributed by atoms with van der Waals surface area (Å²) < 4.78 is 26.5. The Hall–Kier alpha value is -2.94. The van der Waals surface area contributed by atoms with Gasteiger partial charge in [0.2, 0.25) is 0 Å². The Bertz CT molecular complexity index is 767. The van der Waals surface area contributed by atoms with Crippen LogP contribution in [0.15, 0.2) is 54.6 Å². The largest absolute Gasteiger partial charge is 0.489 e. The highest BCUT2D eigenvalue weighted by Crippen LogP contribution is 2.19. The van der Waals surface area contributed by atoms with Gasteiger partial charge in [-0.15, -0.1) is 0 Å². The van der Waals surface area contributed by atoms with Crippen molar-refractivity contribution in [1.29, 1.82) is 0 Å². The molecule has 2 aromatic rings. The monoisotopic (exact) mass is 417 g/mol. The van der Waals surface area contributed by atoms with Gasteiger partial charge in [-0.25, -0.2) is 4.79 Å². The summed E-state index contributed by atoms with van der Waals surface area (Å²) in [5, 5.41) is 0. The van der Waals surface area contributed by atoms with Crippen LogP contribution in [0.3, 0.4) is 0 Å². The first-order valence-electron chi connectivity index (χ1n) is 9.65. The molecule has 0 amide bonds. The van der Waals surface area contributed by atoms with Crippen LogP contribution in [0.4, 0.5) is 5.69 Å². The average Bonchev–Trinajstić information content (AvgIpc) is 2.78. The lowest BCUT2D eigenvalue weighted by molar-refractivity contribution is -0.139. The molecule has 0 aliphatic carbocycles. The third-order valence-corrected chi connectivity index (χ3v) is 3.83. The van der Waals surface area contributed by atoms with Crippen molar-refractivity contribution in [3.8, 4) is 5.75 Å². The number of anilines is 1. The van der Waals surface area contributed by atoms with Crippen molar-refractivity contribution in [3.63, 3.8) is 0 Å². The Balaban J connectivity index is 1.37. The molecule has 0 bridgehead atoms. The normalized spacial score (nSPS) is 10.5. The lowest BCUT2D eigenvalue weighted by atomic mass is 10.1. The van der Waals surface area contributed by atoms with E-state index in [0.717, 1.165) is 0 Å². The summed E-state index contributed by atoms with van der Waals surface area (Å²) in [6.07, 6.45) is 0. The van der Waals surface area contributed by atoms with Crippen LogP contribution in [0, 0.1) is 0 Å². The van der Waals surface area contributed by atoms with Gasteiger partial charge in [0.1, 0.15) is 19.0 Å². The molecule has 0 heterocycles. The molecule has 8 nitrogen and oxygen atoms in total. The van der Waals surface area contributed by atoms with Crippen LogP contribution >= 0.6 is 0 Å². The second kappa shape index (κ2) is 14.1. The van der Waals surface area contributed by atoms with Crippen LogP contribution in [0.25, 0.3) is 0 Å². The van der Waals surface area contributed by atoms with Gasteiger partial charge in [-0.05, 0) is 12.1 Å². The van der Waals surface area contributed by atoms with E-state index in [-0.39, 0.29) is 13.2 Å². The maximum Gasteiger partial charge on any atom is 0.379 e. The van der Waals surface area contributed by atoms with Crippen molar-refractivity contribution in [3.05, 3.63) is 60.2 Å². The molecular weight excluding hydrogens is 390 g/mol. The summed E-state index contributed by atoms with van der Waals surface area (Å²) >= 11 is 0. The molecule has 0 unspecified atom stereocenters. The van der Waals surface area contributed by atoms with Crippen molar-refractivity contribution >= 4 is 17.4 Å². The molecule has 30 heavy (non-hydrogen) atoms. The first kappa shape index (κ1) is 23.3. The Morgan fingerprint density at radius 2 is 1.20 bits per heavy atom. The highest BCUT2D eigenvalue weighted by atomic mass is 16.6. The zero-order valence-corrected chi connectivity index (χ0v) is 16.8. The summed E-state index contributed by atoms with van der Waals surface area (Å²) in [6, 6.07) is 15.5.